The Morgan fingerprint density at radius 3 is 1.89 bits per heavy atom. The Labute approximate surface area is 265 Å². The second kappa shape index (κ2) is 17.1. The molecule has 0 spiro atoms. The highest BCUT2D eigenvalue weighted by atomic mass is 16.7. The van der Waals surface area contributed by atoms with Gasteiger partial charge in [0.2, 0.25) is 5.91 Å². The maximum absolute atomic E-state index is 13.3. The number of nitrogens with one attached hydrogen (secondary N) is 2. The molecule has 0 bridgehead atoms. The van der Waals surface area contributed by atoms with Crippen molar-refractivity contribution < 1.29 is 66.7 Å². The molecule has 0 aromatic heterocycles. The molecule has 0 unspecified atom stereocenters. The van der Waals surface area contributed by atoms with E-state index in [1.807, 2.05) is 0 Å². The van der Waals surface area contributed by atoms with Gasteiger partial charge < -0.3 is 43.8 Å². The Hall–Kier alpha value is -4.73. The van der Waals surface area contributed by atoms with E-state index in [4.69, 9.17) is 33.2 Å². The molecule has 0 saturated carbocycles. The molecular formula is C30H40N2O14. The van der Waals surface area contributed by atoms with Crippen LogP contribution in [0.15, 0.2) is 30.3 Å². The fraction of sp³-hybridized carbons (Fsp3) is 0.567. The molecule has 6 atom stereocenters. The minimum absolute atomic E-state index is 0.159. The standard InChI is InChI=1S/C30H40N2O14/c1-16(33)40-15-22-24(42-17(2)34)25(43-18(3)35)26(44-19(4)36)27(45-22)32-23(37)13-21(31-29(39)46-30(5,6)7)28(38)41-14-20-11-9-8-10-12-20/h8-12,21-22,24-27H,13-15H2,1-7H3,(H,31,39)(H,32,37)/t21-,22+,24+,25-,26+,27+/m0/s1. The Bertz CT molecular complexity index is 1260. The van der Waals surface area contributed by atoms with E-state index in [1.165, 1.54) is 0 Å². The molecule has 2 rings (SSSR count). The number of ether oxygens (including phenoxy) is 7. The van der Waals surface area contributed by atoms with Crippen LogP contribution in [0.25, 0.3) is 0 Å². The zero-order valence-corrected chi connectivity index (χ0v) is 26.7. The SMILES string of the molecule is CC(=O)OC[C@H]1O[C@@H](NC(=O)C[C@H](NC(=O)OC(C)(C)C)C(=O)OCc2ccccc2)[C@H](OC(C)=O)[C@@H](OC(C)=O)[C@@H]1OC(C)=O. The Kier molecular flexibility index (Phi) is 13.9. The van der Waals surface area contributed by atoms with Crippen molar-refractivity contribution in [1.82, 2.24) is 10.6 Å². The van der Waals surface area contributed by atoms with E-state index in [1.54, 1.807) is 51.1 Å². The zero-order chi connectivity index (χ0) is 34.6. The van der Waals surface area contributed by atoms with Crippen LogP contribution in [0.1, 0.15) is 60.5 Å². The summed E-state index contributed by atoms with van der Waals surface area (Å²) in [4.78, 5) is 86.5. The third-order valence-corrected chi connectivity index (χ3v) is 5.88. The third-order valence-electron chi connectivity index (χ3n) is 5.88. The lowest BCUT2D eigenvalue weighted by Crippen LogP contribution is -2.66. The van der Waals surface area contributed by atoms with Crippen LogP contribution in [-0.2, 0) is 68.5 Å². The van der Waals surface area contributed by atoms with E-state index in [2.05, 4.69) is 10.6 Å². The van der Waals surface area contributed by atoms with E-state index >= 15 is 0 Å². The van der Waals surface area contributed by atoms with Gasteiger partial charge in [0.1, 0.15) is 31.0 Å². The fourth-order valence-electron chi connectivity index (χ4n) is 4.22. The summed E-state index contributed by atoms with van der Waals surface area (Å²) < 4.78 is 37.4. The number of carbonyl (C=O) groups is 7. The number of carbonyl (C=O) groups excluding carboxylic acids is 7. The maximum Gasteiger partial charge on any atom is 0.408 e. The summed E-state index contributed by atoms with van der Waals surface area (Å²) in [6.45, 7) is 8.41. The van der Waals surface area contributed by atoms with Crippen molar-refractivity contribution in [3.63, 3.8) is 0 Å². The highest BCUT2D eigenvalue weighted by Crippen LogP contribution is 2.28. The molecule has 16 nitrogen and oxygen atoms in total. The van der Waals surface area contributed by atoms with Crippen molar-refractivity contribution in [2.24, 2.45) is 0 Å². The average molecular weight is 653 g/mol. The van der Waals surface area contributed by atoms with Crippen LogP contribution >= 0.6 is 0 Å². The highest BCUT2D eigenvalue weighted by molar-refractivity contribution is 5.88. The lowest BCUT2D eigenvalue weighted by Gasteiger charge is -2.44. The molecule has 0 radical (unpaired) electrons. The number of benzene rings is 1. The van der Waals surface area contributed by atoms with E-state index in [0.29, 0.717) is 5.56 Å². The van der Waals surface area contributed by atoms with Gasteiger partial charge in [0, 0.05) is 27.7 Å². The molecule has 1 heterocycles. The average Bonchev–Trinajstić information content (AvgIpc) is 2.92. The van der Waals surface area contributed by atoms with E-state index in [9.17, 15) is 33.6 Å². The number of alkyl carbamates (subject to hydrolysis) is 1. The van der Waals surface area contributed by atoms with Crippen LogP contribution in [0.2, 0.25) is 0 Å². The molecule has 0 aliphatic carbocycles. The van der Waals surface area contributed by atoms with Crippen molar-refractivity contribution in [2.75, 3.05) is 6.61 Å². The van der Waals surface area contributed by atoms with Crippen molar-refractivity contribution in [3.05, 3.63) is 35.9 Å². The number of hydrogen-bond acceptors (Lipinski definition) is 14. The number of hydrogen-bond donors (Lipinski definition) is 2. The van der Waals surface area contributed by atoms with Crippen LogP contribution in [0.3, 0.4) is 0 Å². The van der Waals surface area contributed by atoms with Crippen LogP contribution in [-0.4, -0.2) is 90.7 Å². The van der Waals surface area contributed by atoms with E-state index in [0.717, 1.165) is 27.7 Å². The number of rotatable bonds is 12. The van der Waals surface area contributed by atoms with Gasteiger partial charge in [-0.25, -0.2) is 9.59 Å². The molecule has 1 fully saturated rings. The number of esters is 5. The van der Waals surface area contributed by atoms with Gasteiger partial charge in [-0.1, -0.05) is 30.3 Å². The first kappa shape index (κ1) is 37.5. The molecule has 1 aliphatic rings. The minimum atomic E-state index is -1.59. The first-order chi connectivity index (χ1) is 21.4. The monoisotopic (exact) mass is 652 g/mol. The van der Waals surface area contributed by atoms with Crippen LogP contribution in [0, 0.1) is 0 Å². The van der Waals surface area contributed by atoms with E-state index in [-0.39, 0.29) is 6.61 Å². The minimum Gasteiger partial charge on any atom is -0.463 e. The van der Waals surface area contributed by atoms with Crippen molar-refractivity contribution in [1.29, 1.82) is 0 Å². The maximum atomic E-state index is 13.3. The molecule has 254 valence electrons. The topological polar surface area (TPSA) is 208 Å². The molecule has 16 heteroatoms. The summed E-state index contributed by atoms with van der Waals surface area (Å²) in [7, 11) is 0. The quantitative estimate of drug-likeness (QED) is 0.240. The van der Waals surface area contributed by atoms with Gasteiger partial charge in [0.05, 0.1) is 6.42 Å². The second-order valence-corrected chi connectivity index (χ2v) is 11.2. The third kappa shape index (κ3) is 13.1. The molecule has 1 aromatic carbocycles. The first-order valence-corrected chi connectivity index (χ1v) is 14.2. The molecule has 2 N–H and O–H groups in total. The smallest absolute Gasteiger partial charge is 0.408 e. The summed E-state index contributed by atoms with van der Waals surface area (Å²) in [6, 6.07) is 7.11. The summed E-state index contributed by atoms with van der Waals surface area (Å²) in [5.74, 6) is -5.17. The Morgan fingerprint density at radius 1 is 0.783 bits per heavy atom. The normalized spacial score (nSPS) is 21.4. The van der Waals surface area contributed by atoms with Crippen LogP contribution in [0.4, 0.5) is 4.79 Å². The van der Waals surface area contributed by atoms with Crippen LogP contribution in [0.5, 0.6) is 0 Å². The molecule has 1 aliphatic heterocycles. The fourth-order valence-corrected chi connectivity index (χ4v) is 4.22. The second-order valence-electron chi connectivity index (χ2n) is 11.2. The predicted molar refractivity (Wildman–Crippen MR) is 154 cm³/mol. The molecule has 2 amide bonds. The Morgan fingerprint density at radius 2 is 1.35 bits per heavy atom. The highest BCUT2D eigenvalue weighted by Gasteiger charge is 2.52. The van der Waals surface area contributed by atoms with Crippen molar-refractivity contribution in [2.45, 2.75) is 104 Å². The molecular weight excluding hydrogens is 612 g/mol. The summed E-state index contributed by atoms with van der Waals surface area (Å²) >= 11 is 0. The van der Waals surface area contributed by atoms with Crippen molar-refractivity contribution >= 4 is 41.8 Å². The molecule has 46 heavy (non-hydrogen) atoms. The van der Waals surface area contributed by atoms with Gasteiger partial charge in [-0.3, -0.25) is 24.0 Å². The lowest BCUT2D eigenvalue weighted by molar-refractivity contribution is -0.257. The van der Waals surface area contributed by atoms with Gasteiger partial charge in [-0.15, -0.1) is 0 Å². The first-order valence-electron chi connectivity index (χ1n) is 14.2. The largest absolute Gasteiger partial charge is 0.463 e. The van der Waals surface area contributed by atoms with E-state index < -0.39 is 97.2 Å². The summed E-state index contributed by atoms with van der Waals surface area (Å²) in [5, 5.41) is 4.76. The summed E-state index contributed by atoms with van der Waals surface area (Å²) in [5.41, 5.74) is -0.284. The predicted octanol–water partition coefficient (Wildman–Crippen LogP) is 1.21. The van der Waals surface area contributed by atoms with Gasteiger partial charge >= 0.3 is 35.9 Å². The number of amides is 2. The van der Waals surface area contributed by atoms with Gasteiger partial charge in [-0.2, -0.15) is 0 Å². The van der Waals surface area contributed by atoms with Gasteiger partial charge in [0.25, 0.3) is 0 Å². The van der Waals surface area contributed by atoms with Gasteiger partial charge in [-0.05, 0) is 26.3 Å². The lowest BCUT2D eigenvalue weighted by atomic mass is 9.97. The Balaban J connectivity index is 2.36. The molecule has 1 saturated heterocycles. The van der Waals surface area contributed by atoms with Crippen LogP contribution < -0.4 is 10.6 Å². The zero-order valence-electron chi connectivity index (χ0n) is 26.7. The molecule has 1 aromatic rings. The van der Waals surface area contributed by atoms with Crippen molar-refractivity contribution in [3.8, 4) is 0 Å². The summed E-state index contributed by atoms with van der Waals surface area (Å²) in [6.07, 6.45) is -9.17. The van der Waals surface area contributed by atoms with Gasteiger partial charge in [0.15, 0.2) is 24.5 Å².